The lowest BCUT2D eigenvalue weighted by Crippen LogP contribution is -2.23. The number of hydrogen-bond donors (Lipinski definition) is 1. The quantitative estimate of drug-likeness (QED) is 0.715. The van der Waals surface area contributed by atoms with Gasteiger partial charge in [-0.15, -0.1) is 11.3 Å². The summed E-state index contributed by atoms with van der Waals surface area (Å²) >= 11 is 13.5. The molecule has 0 bridgehead atoms. The van der Waals surface area contributed by atoms with E-state index < -0.39 is 12.1 Å². The van der Waals surface area contributed by atoms with Crippen molar-refractivity contribution in [3.05, 3.63) is 45.4 Å². The molecule has 1 aromatic heterocycles. The molecule has 24 heavy (non-hydrogen) atoms. The Morgan fingerprint density at radius 1 is 1.38 bits per heavy atom. The highest BCUT2D eigenvalue weighted by atomic mass is 35.5. The van der Waals surface area contributed by atoms with Crippen LogP contribution in [0.2, 0.25) is 10.0 Å². The van der Waals surface area contributed by atoms with E-state index in [1.807, 2.05) is 6.07 Å². The van der Waals surface area contributed by atoms with Crippen LogP contribution in [0.5, 0.6) is 0 Å². The lowest BCUT2D eigenvalue weighted by atomic mass is 9.87. The van der Waals surface area contributed by atoms with Crippen LogP contribution in [-0.2, 0) is 4.79 Å². The van der Waals surface area contributed by atoms with Crippen molar-refractivity contribution >= 4 is 45.6 Å². The molecule has 0 spiro atoms. The molecule has 0 radical (unpaired) electrons. The van der Waals surface area contributed by atoms with Gasteiger partial charge in [-0.05, 0) is 49.3 Å². The molecule has 2 aromatic rings. The van der Waals surface area contributed by atoms with Crippen LogP contribution in [0.15, 0.2) is 29.8 Å². The molecule has 1 aliphatic carbocycles. The van der Waals surface area contributed by atoms with Gasteiger partial charge in [-0.3, -0.25) is 4.79 Å². The minimum atomic E-state index is -0.758. The van der Waals surface area contributed by atoms with Crippen molar-refractivity contribution < 1.29 is 9.18 Å². The maximum Gasteiger partial charge on any atom is 0.233 e. The molecule has 1 aromatic carbocycles. The second-order valence-electron chi connectivity index (χ2n) is 6.06. The van der Waals surface area contributed by atoms with E-state index in [-0.39, 0.29) is 11.8 Å². The average molecular weight is 387 g/mol. The van der Waals surface area contributed by atoms with Crippen molar-refractivity contribution in [3.63, 3.8) is 0 Å². The second-order valence-corrected chi connectivity index (χ2v) is 7.77. The van der Waals surface area contributed by atoms with E-state index in [0.29, 0.717) is 34.4 Å². The first kappa shape index (κ1) is 17.6. The van der Waals surface area contributed by atoms with Crippen molar-refractivity contribution in [1.82, 2.24) is 4.98 Å². The lowest BCUT2D eigenvalue weighted by Gasteiger charge is -2.20. The number of carbonyl (C=O) groups is 1. The molecule has 1 aliphatic rings. The highest BCUT2D eigenvalue weighted by molar-refractivity contribution is 7.13. The van der Waals surface area contributed by atoms with Crippen LogP contribution < -0.4 is 5.32 Å². The summed E-state index contributed by atoms with van der Waals surface area (Å²) in [5.41, 5.74) is 0.792. The average Bonchev–Trinajstić information content (AvgIpc) is 3.19. The van der Waals surface area contributed by atoms with Gasteiger partial charge in [0, 0.05) is 11.6 Å². The third-order valence-corrected chi connectivity index (χ3v) is 5.80. The van der Waals surface area contributed by atoms with Gasteiger partial charge in [-0.1, -0.05) is 29.3 Å². The minimum Gasteiger partial charge on any atom is -0.301 e. The Balaban J connectivity index is 1.81. The van der Waals surface area contributed by atoms with Crippen molar-refractivity contribution in [2.75, 3.05) is 5.32 Å². The van der Waals surface area contributed by atoms with Gasteiger partial charge in [-0.2, -0.15) is 0 Å². The third-order valence-electron chi connectivity index (χ3n) is 4.37. The number of aromatic nitrogens is 1. The van der Waals surface area contributed by atoms with Crippen LogP contribution in [0.1, 0.15) is 37.2 Å². The molecule has 3 rings (SSSR count). The van der Waals surface area contributed by atoms with Crippen molar-refractivity contribution in [2.24, 2.45) is 5.92 Å². The predicted molar refractivity (Wildman–Crippen MR) is 96.8 cm³/mol. The van der Waals surface area contributed by atoms with Crippen LogP contribution in [0.3, 0.4) is 0 Å². The highest BCUT2D eigenvalue weighted by Gasteiger charge is 2.31. The van der Waals surface area contributed by atoms with Crippen molar-refractivity contribution in [3.8, 4) is 0 Å². The lowest BCUT2D eigenvalue weighted by molar-refractivity contribution is -0.118. The summed E-state index contributed by atoms with van der Waals surface area (Å²) in [5, 5.41) is 6.06. The Kier molecular flexibility index (Phi) is 5.74. The molecule has 7 heteroatoms. The summed E-state index contributed by atoms with van der Waals surface area (Å²) in [6.07, 6.45) is 3.37. The van der Waals surface area contributed by atoms with E-state index in [0.717, 1.165) is 12.0 Å². The van der Waals surface area contributed by atoms with E-state index in [4.69, 9.17) is 23.2 Å². The summed E-state index contributed by atoms with van der Waals surface area (Å²) < 4.78 is 13.5. The number of thiazole rings is 1. The van der Waals surface area contributed by atoms with E-state index in [1.54, 1.807) is 23.7 Å². The molecule has 0 aliphatic heterocycles. The molecule has 1 heterocycles. The largest absolute Gasteiger partial charge is 0.301 e. The van der Waals surface area contributed by atoms with Crippen LogP contribution in [0, 0.1) is 5.92 Å². The Labute approximate surface area is 154 Å². The normalized spacial score (nSPS) is 21.6. The molecule has 1 N–H and O–H groups in total. The van der Waals surface area contributed by atoms with Crippen LogP contribution >= 0.6 is 34.5 Å². The number of nitrogens with zero attached hydrogens (tertiary/aromatic N) is 1. The Morgan fingerprint density at radius 2 is 2.21 bits per heavy atom. The zero-order valence-electron chi connectivity index (χ0n) is 12.8. The van der Waals surface area contributed by atoms with Gasteiger partial charge in [0.25, 0.3) is 0 Å². The van der Waals surface area contributed by atoms with Gasteiger partial charge in [0.05, 0.1) is 16.0 Å². The monoisotopic (exact) mass is 386 g/mol. The Morgan fingerprint density at radius 3 is 2.83 bits per heavy atom. The van der Waals surface area contributed by atoms with Crippen LogP contribution in [-0.4, -0.2) is 17.1 Å². The number of halogens is 3. The summed E-state index contributed by atoms with van der Waals surface area (Å²) in [6.45, 7) is 0. The first-order valence-electron chi connectivity index (χ1n) is 7.82. The van der Waals surface area contributed by atoms with Gasteiger partial charge < -0.3 is 5.32 Å². The number of nitrogens with one attached hydrogen (secondary N) is 1. The topological polar surface area (TPSA) is 42.0 Å². The van der Waals surface area contributed by atoms with Crippen LogP contribution in [0.25, 0.3) is 0 Å². The predicted octanol–water partition coefficient (Wildman–Crippen LogP) is 5.70. The van der Waals surface area contributed by atoms with Gasteiger partial charge in [-0.25, -0.2) is 9.37 Å². The molecule has 1 saturated carbocycles. The first-order chi connectivity index (χ1) is 11.5. The number of hydrogen-bond acceptors (Lipinski definition) is 3. The minimum absolute atomic E-state index is 0.148. The fourth-order valence-corrected chi connectivity index (χ4v) is 4.00. The Bertz CT molecular complexity index is 711. The van der Waals surface area contributed by atoms with Gasteiger partial charge in [0.1, 0.15) is 6.17 Å². The smallest absolute Gasteiger partial charge is 0.233 e. The molecule has 3 unspecified atom stereocenters. The number of amides is 1. The molecule has 128 valence electrons. The van der Waals surface area contributed by atoms with Gasteiger partial charge in [0.15, 0.2) is 5.13 Å². The number of rotatable bonds is 5. The third kappa shape index (κ3) is 4.26. The number of carbonyl (C=O) groups excluding carboxylic acids is 1. The summed E-state index contributed by atoms with van der Waals surface area (Å²) in [5.74, 6) is -0.355. The maximum atomic E-state index is 13.5. The van der Waals surface area contributed by atoms with Gasteiger partial charge >= 0.3 is 0 Å². The molecular weight excluding hydrogens is 370 g/mol. The Hall–Kier alpha value is -1.17. The molecular formula is C17H17Cl2FN2OS. The summed E-state index contributed by atoms with van der Waals surface area (Å²) in [4.78, 5) is 16.8. The van der Waals surface area contributed by atoms with E-state index in [1.165, 1.54) is 11.3 Å². The van der Waals surface area contributed by atoms with Crippen LogP contribution in [0.4, 0.5) is 9.52 Å². The molecule has 1 fully saturated rings. The highest BCUT2D eigenvalue weighted by Crippen LogP contribution is 2.37. The fourth-order valence-electron chi connectivity index (χ4n) is 3.16. The van der Waals surface area contributed by atoms with Crippen molar-refractivity contribution in [2.45, 2.75) is 37.8 Å². The van der Waals surface area contributed by atoms with Gasteiger partial charge in [0.2, 0.25) is 5.91 Å². The molecule has 3 atom stereocenters. The number of benzene rings is 1. The van der Waals surface area contributed by atoms with Crippen molar-refractivity contribution in [1.29, 1.82) is 0 Å². The standard InChI is InChI=1S/C17H17Cl2FN2OS/c18-14-4-2-11(9-15(14)19)13(8-10-1-3-12(20)7-10)16(23)22-17-21-5-6-24-17/h2,4-6,9-10,12-13H,1,3,7-8H2,(H,21,22,23). The number of alkyl halides is 1. The first-order valence-corrected chi connectivity index (χ1v) is 9.46. The number of anilines is 1. The SMILES string of the molecule is O=C(Nc1nccs1)C(CC1CCC(F)C1)c1ccc(Cl)c(Cl)c1. The van der Waals surface area contributed by atoms with E-state index >= 15 is 0 Å². The summed E-state index contributed by atoms with van der Waals surface area (Å²) in [6, 6.07) is 5.22. The fraction of sp³-hybridized carbons (Fsp3) is 0.412. The zero-order valence-corrected chi connectivity index (χ0v) is 15.2. The molecule has 3 nitrogen and oxygen atoms in total. The van der Waals surface area contributed by atoms with E-state index in [2.05, 4.69) is 10.3 Å². The maximum absolute atomic E-state index is 13.5. The molecule has 1 amide bonds. The van der Waals surface area contributed by atoms with E-state index in [9.17, 15) is 9.18 Å². The summed E-state index contributed by atoms with van der Waals surface area (Å²) in [7, 11) is 0. The zero-order chi connectivity index (χ0) is 17.1. The second kappa shape index (κ2) is 7.81. The molecule has 0 saturated heterocycles.